The Morgan fingerprint density at radius 3 is 2.25 bits per heavy atom. The van der Waals surface area contributed by atoms with E-state index in [-0.39, 0.29) is 56.6 Å². The van der Waals surface area contributed by atoms with Crippen LogP contribution in [-0.2, 0) is 22.1 Å². The van der Waals surface area contributed by atoms with Gasteiger partial charge in [-0.2, -0.15) is 0 Å². The van der Waals surface area contributed by atoms with Crippen LogP contribution in [0.3, 0.4) is 0 Å². The molecule has 3 aromatic carbocycles. The molecule has 1 fully saturated rings. The van der Waals surface area contributed by atoms with Crippen molar-refractivity contribution in [1.29, 1.82) is 0 Å². The molecule has 1 heterocycles. The number of hydrogen-bond acceptors (Lipinski definition) is 6. The maximum Gasteiger partial charge on any atom is 0.266 e. The first-order chi connectivity index (χ1) is 20.5. The van der Waals surface area contributed by atoms with E-state index in [9.17, 15) is 22.0 Å². The Morgan fingerprint density at radius 2 is 1.66 bits per heavy atom. The Labute approximate surface area is 271 Å². The predicted molar refractivity (Wildman–Crippen MR) is 176 cm³/mol. The fraction of sp³-hybridized carbons (Fsp3) is 0.344. The third-order valence-corrected chi connectivity index (χ3v) is 10.6. The number of thiophene rings is 1. The van der Waals surface area contributed by atoms with Crippen LogP contribution in [0.2, 0.25) is 5.02 Å². The van der Waals surface area contributed by atoms with E-state index in [0.717, 1.165) is 65.8 Å². The summed E-state index contributed by atoms with van der Waals surface area (Å²) >= 11 is 7.43. The average molecular weight is 684 g/mol. The minimum Gasteiger partial charge on any atom is -0.496 e. The van der Waals surface area contributed by atoms with Gasteiger partial charge in [0.1, 0.15) is 22.3 Å². The maximum absolute atomic E-state index is 14.7. The molecule has 44 heavy (non-hydrogen) atoms. The van der Waals surface area contributed by atoms with Crippen molar-refractivity contribution in [2.24, 2.45) is 0 Å². The number of carbonyl (C=O) groups excluding carboxylic acids is 1. The summed E-state index contributed by atoms with van der Waals surface area (Å²) in [7, 11) is 0.339. The highest BCUT2D eigenvalue weighted by molar-refractivity contribution is 7.89. The SMILES string of the molecule is CNC1CCC(N(Cc2cc(-c3ccc(CS(C)(=O)=O)cc3)ccc2OC)C(=O)c2sc3c(F)ccc(F)c3c2Cl)CC1.Cl. The maximum atomic E-state index is 14.7. The van der Waals surface area contributed by atoms with E-state index >= 15 is 0 Å². The number of carbonyl (C=O) groups is 1. The minimum atomic E-state index is -3.16. The highest BCUT2D eigenvalue weighted by atomic mass is 35.5. The number of fused-ring (bicyclic) bond motifs is 1. The molecule has 6 nitrogen and oxygen atoms in total. The lowest BCUT2D eigenvalue weighted by atomic mass is 9.89. The second-order valence-corrected chi connectivity index (χ2v) is 14.5. The van der Waals surface area contributed by atoms with Gasteiger partial charge in [-0.3, -0.25) is 4.79 Å². The van der Waals surface area contributed by atoms with Crippen molar-refractivity contribution in [3.05, 3.63) is 87.3 Å². The molecule has 1 saturated carbocycles. The highest BCUT2D eigenvalue weighted by Crippen LogP contribution is 2.40. The van der Waals surface area contributed by atoms with Gasteiger partial charge in [-0.25, -0.2) is 17.2 Å². The first kappa shape index (κ1) is 34.1. The topological polar surface area (TPSA) is 75.7 Å². The van der Waals surface area contributed by atoms with Crippen molar-refractivity contribution in [2.45, 2.75) is 50.1 Å². The zero-order valence-electron chi connectivity index (χ0n) is 24.5. The molecule has 0 radical (unpaired) electrons. The number of nitrogens with zero attached hydrogens (tertiary/aromatic N) is 1. The number of amides is 1. The summed E-state index contributed by atoms with van der Waals surface area (Å²) in [6, 6.07) is 15.3. The predicted octanol–water partition coefficient (Wildman–Crippen LogP) is 7.65. The Bertz CT molecular complexity index is 1760. The van der Waals surface area contributed by atoms with E-state index < -0.39 is 21.5 Å². The number of methoxy groups -OCH3 is 1. The second-order valence-electron chi connectivity index (χ2n) is 11.0. The van der Waals surface area contributed by atoms with Crippen molar-refractivity contribution in [3.8, 4) is 16.9 Å². The van der Waals surface area contributed by atoms with Crippen molar-refractivity contribution in [2.75, 3.05) is 20.4 Å². The van der Waals surface area contributed by atoms with Gasteiger partial charge in [-0.15, -0.1) is 23.7 Å². The van der Waals surface area contributed by atoms with Gasteiger partial charge < -0.3 is 15.0 Å². The molecule has 1 aromatic heterocycles. The lowest BCUT2D eigenvalue weighted by Gasteiger charge is -2.37. The standard InChI is InChI=1S/C32H33ClF2N2O4S2.ClH/c1-36-23-9-11-24(12-10-23)37(32(38)31-29(33)28-25(34)13-14-26(35)30(28)42-31)17-22-16-21(8-15-27(22)41-2)20-6-4-19(5-7-20)18-43(3,39)40;/h4-8,13-16,23-24,36H,9-12,17-18H2,1-3H3;1H. The number of hydrogen-bond donors (Lipinski definition) is 1. The van der Waals surface area contributed by atoms with E-state index in [1.807, 2.05) is 37.4 Å². The number of rotatable bonds is 9. The third-order valence-electron chi connectivity index (χ3n) is 8.02. The number of benzene rings is 3. The van der Waals surface area contributed by atoms with E-state index in [0.29, 0.717) is 17.4 Å². The molecule has 0 aliphatic heterocycles. The first-order valence-electron chi connectivity index (χ1n) is 14.0. The zero-order valence-corrected chi connectivity index (χ0v) is 27.7. The Balaban J connectivity index is 0.00000442. The molecule has 0 unspecified atom stereocenters. The zero-order chi connectivity index (χ0) is 30.9. The lowest BCUT2D eigenvalue weighted by Crippen LogP contribution is -2.44. The molecule has 1 N–H and O–H groups in total. The van der Waals surface area contributed by atoms with E-state index in [4.69, 9.17) is 16.3 Å². The molecule has 0 bridgehead atoms. The molecule has 1 aliphatic carbocycles. The van der Waals surface area contributed by atoms with Gasteiger partial charge in [0.2, 0.25) is 0 Å². The quantitative estimate of drug-likeness (QED) is 0.196. The van der Waals surface area contributed by atoms with Crippen LogP contribution < -0.4 is 10.1 Å². The number of halogens is 4. The van der Waals surface area contributed by atoms with Crippen molar-refractivity contribution >= 4 is 61.2 Å². The summed E-state index contributed by atoms with van der Waals surface area (Å²) in [4.78, 5) is 16.1. The molecule has 0 saturated heterocycles. The molecule has 236 valence electrons. The van der Waals surface area contributed by atoms with Gasteiger partial charge in [-0.1, -0.05) is 41.9 Å². The number of ether oxygens (including phenoxy) is 1. The molecule has 1 amide bonds. The van der Waals surface area contributed by atoms with Gasteiger partial charge in [0.15, 0.2) is 9.84 Å². The van der Waals surface area contributed by atoms with Gasteiger partial charge in [0, 0.05) is 30.4 Å². The van der Waals surface area contributed by atoms with Crippen LogP contribution in [0.1, 0.15) is 46.5 Å². The average Bonchev–Trinajstić information content (AvgIpc) is 3.35. The molecular formula is C32H34Cl2F2N2O4S2. The van der Waals surface area contributed by atoms with Gasteiger partial charge in [-0.05, 0) is 73.7 Å². The molecule has 4 aromatic rings. The molecule has 5 rings (SSSR count). The van der Waals surface area contributed by atoms with Crippen LogP contribution in [0.25, 0.3) is 21.2 Å². The smallest absolute Gasteiger partial charge is 0.266 e. The monoisotopic (exact) mass is 682 g/mol. The van der Waals surface area contributed by atoms with Crippen LogP contribution >= 0.6 is 35.3 Å². The minimum absolute atomic E-state index is 0. The number of nitrogens with one attached hydrogen (secondary N) is 1. The van der Waals surface area contributed by atoms with Gasteiger partial charge >= 0.3 is 0 Å². The van der Waals surface area contributed by atoms with Crippen LogP contribution in [0.5, 0.6) is 5.75 Å². The molecule has 0 spiro atoms. The fourth-order valence-electron chi connectivity index (χ4n) is 5.77. The highest BCUT2D eigenvalue weighted by Gasteiger charge is 2.33. The third kappa shape index (κ3) is 7.37. The molecular weight excluding hydrogens is 649 g/mol. The van der Waals surface area contributed by atoms with E-state index in [1.54, 1.807) is 24.1 Å². The Kier molecular flexibility index (Phi) is 11.0. The Morgan fingerprint density at radius 1 is 1.02 bits per heavy atom. The summed E-state index contributed by atoms with van der Waals surface area (Å²) < 4.78 is 58.4. The summed E-state index contributed by atoms with van der Waals surface area (Å²) in [5, 5.41) is 3.16. The molecule has 0 atom stereocenters. The van der Waals surface area contributed by atoms with Crippen molar-refractivity contribution in [3.63, 3.8) is 0 Å². The van der Waals surface area contributed by atoms with Gasteiger partial charge in [0.05, 0.1) is 28.0 Å². The van der Waals surface area contributed by atoms with Crippen LogP contribution in [0.4, 0.5) is 8.78 Å². The van der Waals surface area contributed by atoms with Crippen molar-refractivity contribution in [1.82, 2.24) is 10.2 Å². The van der Waals surface area contributed by atoms with Crippen LogP contribution in [0, 0.1) is 11.6 Å². The first-order valence-corrected chi connectivity index (χ1v) is 17.2. The molecule has 12 heteroatoms. The lowest BCUT2D eigenvalue weighted by molar-refractivity contribution is 0.0604. The fourth-order valence-corrected chi connectivity index (χ4v) is 8.07. The summed E-state index contributed by atoms with van der Waals surface area (Å²) in [6.45, 7) is 0.201. The summed E-state index contributed by atoms with van der Waals surface area (Å²) in [5.74, 6) is -1.12. The number of sulfone groups is 1. The van der Waals surface area contributed by atoms with E-state index in [1.165, 1.54) is 6.26 Å². The second kappa shape index (κ2) is 14.1. The summed E-state index contributed by atoms with van der Waals surface area (Å²) in [6.07, 6.45) is 4.48. The van der Waals surface area contributed by atoms with Crippen molar-refractivity contribution < 1.29 is 26.7 Å². The largest absolute Gasteiger partial charge is 0.496 e. The van der Waals surface area contributed by atoms with Crippen LogP contribution in [-0.4, -0.2) is 51.7 Å². The van der Waals surface area contributed by atoms with E-state index in [2.05, 4.69) is 5.32 Å². The van der Waals surface area contributed by atoms with Gasteiger partial charge in [0.25, 0.3) is 5.91 Å². The van der Waals surface area contributed by atoms with Crippen LogP contribution in [0.15, 0.2) is 54.6 Å². The molecule has 1 aliphatic rings. The summed E-state index contributed by atoms with van der Waals surface area (Å²) in [5.41, 5.74) is 3.21. The normalized spacial score (nSPS) is 16.9. The Hall–Kier alpha value is -2.76.